The molecule has 0 atom stereocenters. The van der Waals surface area contributed by atoms with Gasteiger partial charge in [0.25, 0.3) is 6.43 Å². The Kier molecular flexibility index (Phi) is 4.62. The van der Waals surface area contributed by atoms with Crippen LogP contribution < -0.4 is 4.74 Å². The van der Waals surface area contributed by atoms with Gasteiger partial charge >= 0.3 is 5.97 Å². The van der Waals surface area contributed by atoms with Gasteiger partial charge < -0.3 is 9.47 Å². The summed E-state index contributed by atoms with van der Waals surface area (Å²) >= 11 is 5.65. The summed E-state index contributed by atoms with van der Waals surface area (Å²) in [4.78, 5) is 15.1. The highest BCUT2D eigenvalue weighted by molar-refractivity contribution is 6.32. The zero-order valence-electron chi connectivity index (χ0n) is 9.17. The minimum atomic E-state index is -2.87. The summed E-state index contributed by atoms with van der Waals surface area (Å²) in [5.74, 6) is -1.03. The van der Waals surface area contributed by atoms with Gasteiger partial charge in [0.2, 0.25) is 5.88 Å². The molecule has 0 unspecified atom stereocenters. The van der Waals surface area contributed by atoms with Crippen LogP contribution in [0.5, 0.6) is 5.88 Å². The maximum absolute atomic E-state index is 12.7. The second-order valence-electron chi connectivity index (χ2n) is 2.94. The van der Waals surface area contributed by atoms with E-state index in [-0.39, 0.29) is 17.5 Å². The van der Waals surface area contributed by atoms with Crippen LogP contribution in [0.1, 0.15) is 29.4 Å². The number of methoxy groups -OCH3 is 1. The van der Waals surface area contributed by atoms with Crippen LogP contribution in [-0.4, -0.2) is 24.7 Å². The lowest BCUT2D eigenvalue weighted by molar-refractivity contribution is 0.0506. The molecular weight excluding hydrogens is 256 g/mol. The van der Waals surface area contributed by atoms with Crippen molar-refractivity contribution in [3.63, 3.8) is 0 Å². The van der Waals surface area contributed by atoms with E-state index in [1.165, 1.54) is 7.11 Å². The average molecular weight is 266 g/mol. The third kappa shape index (κ3) is 3.03. The van der Waals surface area contributed by atoms with E-state index in [4.69, 9.17) is 16.3 Å². The highest BCUT2D eigenvalue weighted by Gasteiger charge is 2.24. The van der Waals surface area contributed by atoms with Gasteiger partial charge in [0.1, 0.15) is 5.02 Å². The maximum atomic E-state index is 12.7. The molecule has 4 nitrogen and oxygen atoms in total. The van der Waals surface area contributed by atoms with E-state index in [2.05, 4.69) is 9.72 Å². The molecule has 0 fully saturated rings. The predicted molar refractivity (Wildman–Crippen MR) is 56.7 cm³/mol. The number of ether oxygens (including phenoxy) is 2. The Morgan fingerprint density at radius 2 is 2.24 bits per heavy atom. The molecule has 0 N–H and O–H groups in total. The Labute approximate surface area is 101 Å². The SMILES string of the molecule is CCOC(=O)c1nc(OC)c(Cl)cc1C(F)F. The first-order valence-corrected chi connectivity index (χ1v) is 5.08. The number of rotatable bonds is 4. The summed E-state index contributed by atoms with van der Waals surface area (Å²) in [5.41, 5.74) is -1.06. The van der Waals surface area contributed by atoms with Crippen LogP contribution in [0.2, 0.25) is 5.02 Å². The smallest absolute Gasteiger partial charge is 0.357 e. The lowest BCUT2D eigenvalue weighted by Gasteiger charge is -2.10. The Morgan fingerprint density at radius 3 is 2.71 bits per heavy atom. The predicted octanol–water partition coefficient (Wildman–Crippen LogP) is 2.86. The van der Waals surface area contributed by atoms with Crippen molar-refractivity contribution in [2.45, 2.75) is 13.3 Å². The summed E-state index contributed by atoms with van der Waals surface area (Å²) in [7, 11) is 1.27. The van der Waals surface area contributed by atoms with Crippen molar-refractivity contribution < 1.29 is 23.0 Å². The van der Waals surface area contributed by atoms with Crippen LogP contribution in [0.25, 0.3) is 0 Å². The van der Waals surface area contributed by atoms with Crippen LogP contribution in [0.15, 0.2) is 6.07 Å². The molecule has 0 bridgehead atoms. The normalized spacial score (nSPS) is 10.5. The number of aromatic nitrogens is 1. The van der Waals surface area contributed by atoms with E-state index in [0.717, 1.165) is 6.07 Å². The Morgan fingerprint density at radius 1 is 1.59 bits per heavy atom. The van der Waals surface area contributed by atoms with Gasteiger partial charge in [-0.25, -0.2) is 18.6 Å². The summed E-state index contributed by atoms with van der Waals surface area (Å²) in [6.45, 7) is 1.63. The average Bonchev–Trinajstić information content (AvgIpc) is 2.28. The molecule has 1 rings (SSSR count). The van der Waals surface area contributed by atoms with Crippen LogP contribution in [0, 0.1) is 0 Å². The molecule has 0 aliphatic rings. The number of esters is 1. The van der Waals surface area contributed by atoms with E-state index in [1.807, 2.05) is 0 Å². The lowest BCUT2D eigenvalue weighted by Crippen LogP contribution is -2.12. The monoisotopic (exact) mass is 265 g/mol. The quantitative estimate of drug-likeness (QED) is 0.786. The van der Waals surface area contributed by atoms with Gasteiger partial charge in [-0.15, -0.1) is 0 Å². The van der Waals surface area contributed by atoms with E-state index in [9.17, 15) is 13.6 Å². The van der Waals surface area contributed by atoms with Crippen molar-refractivity contribution in [2.75, 3.05) is 13.7 Å². The van der Waals surface area contributed by atoms with E-state index < -0.39 is 23.7 Å². The molecule has 0 saturated carbocycles. The molecule has 0 aromatic carbocycles. The largest absolute Gasteiger partial charge is 0.480 e. The van der Waals surface area contributed by atoms with Gasteiger partial charge in [-0.3, -0.25) is 0 Å². The number of hydrogen-bond donors (Lipinski definition) is 0. The summed E-state index contributed by atoms with van der Waals surface area (Å²) in [6, 6.07) is 0.949. The second kappa shape index (κ2) is 5.77. The fourth-order valence-corrected chi connectivity index (χ4v) is 1.40. The van der Waals surface area contributed by atoms with Crippen molar-refractivity contribution in [2.24, 2.45) is 0 Å². The molecule has 0 spiro atoms. The minimum absolute atomic E-state index is 0.0636. The van der Waals surface area contributed by atoms with Gasteiger partial charge in [-0.1, -0.05) is 11.6 Å². The third-order valence-corrected chi connectivity index (χ3v) is 2.14. The minimum Gasteiger partial charge on any atom is -0.480 e. The fourth-order valence-electron chi connectivity index (χ4n) is 1.16. The molecule has 0 saturated heterocycles. The first-order valence-electron chi connectivity index (χ1n) is 4.71. The number of nitrogens with zero attached hydrogens (tertiary/aromatic N) is 1. The molecule has 0 aliphatic heterocycles. The molecule has 94 valence electrons. The van der Waals surface area contributed by atoms with E-state index in [0.29, 0.717) is 0 Å². The van der Waals surface area contributed by atoms with Gasteiger partial charge in [-0.05, 0) is 13.0 Å². The third-order valence-electron chi connectivity index (χ3n) is 1.87. The van der Waals surface area contributed by atoms with Crippen LogP contribution in [0.3, 0.4) is 0 Å². The highest BCUT2D eigenvalue weighted by Crippen LogP contribution is 2.30. The maximum Gasteiger partial charge on any atom is 0.357 e. The van der Waals surface area contributed by atoms with Crippen molar-refractivity contribution in [1.29, 1.82) is 0 Å². The van der Waals surface area contributed by atoms with Crippen molar-refractivity contribution in [1.82, 2.24) is 4.98 Å². The number of halogens is 3. The first-order chi connectivity index (χ1) is 8.01. The topological polar surface area (TPSA) is 48.4 Å². The van der Waals surface area contributed by atoms with Gasteiger partial charge in [0.05, 0.1) is 19.3 Å². The molecular formula is C10H10ClF2NO3. The zero-order valence-corrected chi connectivity index (χ0v) is 9.92. The van der Waals surface area contributed by atoms with Gasteiger partial charge in [0.15, 0.2) is 5.69 Å². The van der Waals surface area contributed by atoms with Crippen LogP contribution >= 0.6 is 11.6 Å². The van der Waals surface area contributed by atoms with E-state index in [1.54, 1.807) is 6.92 Å². The van der Waals surface area contributed by atoms with E-state index >= 15 is 0 Å². The first kappa shape index (κ1) is 13.6. The van der Waals surface area contributed by atoms with Crippen LogP contribution in [0.4, 0.5) is 8.78 Å². The van der Waals surface area contributed by atoms with Crippen molar-refractivity contribution >= 4 is 17.6 Å². The highest BCUT2D eigenvalue weighted by atomic mass is 35.5. The molecule has 7 heteroatoms. The standard InChI is InChI=1S/C10H10ClF2NO3/c1-3-17-10(15)7-5(8(12)13)4-6(11)9(14-7)16-2/h4,8H,3H2,1-2H3. The number of alkyl halides is 2. The lowest BCUT2D eigenvalue weighted by atomic mass is 10.2. The number of pyridine rings is 1. The number of carbonyl (C=O) groups excluding carboxylic acids is 1. The summed E-state index contributed by atoms with van der Waals surface area (Å²) in [5, 5.41) is -0.0872. The fraction of sp³-hybridized carbons (Fsp3) is 0.400. The molecule has 17 heavy (non-hydrogen) atoms. The van der Waals surface area contributed by atoms with Gasteiger partial charge in [0, 0.05) is 0 Å². The molecule has 0 aliphatic carbocycles. The molecule has 0 radical (unpaired) electrons. The second-order valence-corrected chi connectivity index (χ2v) is 3.35. The van der Waals surface area contributed by atoms with Crippen LogP contribution in [-0.2, 0) is 4.74 Å². The Bertz CT molecular complexity index is 426. The molecule has 0 amide bonds. The molecule has 1 aromatic rings. The Hall–Kier alpha value is -1.43. The molecule has 1 aromatic heterocycles. The van der Waals surface area contributed by atoms with Crippen molar-refractivity contribution in [3.05, 3.63) is 22.3 Å². The number of carbonyl (C=O) groups is 1. The molecule has 1 heterocycles. The van der Waals surface area contributed by atoms with Crippen molar-refractivity contribution in [3.8, 4) is 5.88 Å². The number of hydrogen-bond acceptors (Lipinski definition) is 4. The summed E-state index contributed by atoms with van der Waals surface area (Å²) in [6.07, 6.45) is -2.87. The zero-order chi connectivity index (χ0) is 13.0. The van der Waals surface area contributed by atoms with Gasteiger partial charge in [-0.2, -0.15) is 0 Å². The Balaban J connectivity index is 3.28. The summed E-state index contributed by atoms with van der Waals surface area (Å²) < 4.78 is 34.8.